The Morgan fingerprint density at radius 1 is 1.02 bits per heavy atom. The summed E-state index contributed by atoms with van der Waals surface area (Å²) in [4.78, 5) is 23.0. The van der Waals surface area contributed by atoms with Crippen molar-refractivity contribution in [2.24, 2.45) is 11.8 Å². The predicted octanol–water partition coefficient (Wildman–Crippen LogP) is 8.75. The molecule has 3 rings (SSSR count). The predicted molar refractivity (Wildman–Crippen MR) is 167 cm³/mol. The Morgan fingerprint density at radius 3 is 2.17 bits per heavy atom. The minimum atomic E-state index is -0.0736. The lowest BCUT2D eigenvalue weighted by molar-refractivity contribution is 0.0927. The van der Waals surface area contributed by atoms with Crippen LogP contribution in [0.4, 0.5) is 0 Å². The minimum Gasteiger partial charge on any atom is -0.497 e. The molecule has 0 amide bonds. The number of rotatable bonds is 10. The maximum absolute atomic E-state index is 11.7. The second-order valence-corrected chi connectivity index (χ2v) is 10.2. The third-order valence-electron chi connectivity index (χ3n) is 6.60. The van der Waals surface area contributed by atoms with Crippen molar-refractivity contribution in [2.45, 2.75) is 74.8 Å². The number of allylic oxidation sites excluding steroid dienone is 4. The van der Waals surface area contributed by atoms with Crippen LogP contribution < -0.4 is 14.8 Å². The summed E-state index contributed by atoms with van der Waals surface area (Å²) in [6.07, 6.45) is 4.58. The third-order valence-corrected chi connectivity index (χ3v) is 6.60. The van der Waals surface area contributed by atoms with Gasteiger partial charge in [-0.1, -0.05) is 77.1 Å². The molecular weight excluding hydrogens is 498 g/mol. The summed E-state index contributed by atoms with van der Waals surface area (Å²) < 4.78 is 10.7. The van der Waals surface area contributed by atoms with Gasteiger partial charge < -0.3 is 14.8 Å². The number of carbonyl (C=O) groups is 2. The number of Topliss-reactive ketones (excluding diaryl/α,β-unsaturated/α-hetero) is 2. The van der Waals surface area contributed by atoms with Crippen molar-refractivity contribution >= 4 is 11.6 Å². The molecule has 2 aromatic rings. The van der Waals surface area contributed by atoms with Crippen molar-refractivity contribution in [1.82, 2.24) is 5.32 Å². The van der Waals surface area contributed by atoms with Gasteiger partial charge in [0.1, 0.15) is 11.5 Å². The van der Waals surface area contributed by atoms with Crippen LogP contribution in [0.1, 0.15) is 94.5 Å². The first-order valence-electron chi connectivity index (χ1n) is 14.2. The van der Waals surface area contributed by atoms with Crippen LogP contribution in [-0.4, -0.2) is 25.8 Å². The lowest BCUT2D eigenvalue weighted by atomic mass is 9.95. The number of hydrogen-bond donors (Lipinski definition) is 1. The van der Waals surface area contributed by atoms with Crippen LogP contribution in [-0.2, 0) is 6.54 Å². The van der Waals surface area contributed by atoms with Gasteiger partial charge in [-0.05, 0) is 62.8 Å². The molecule has 0 saturated carbocycles. The molecular formula is C35H49NO4. The quantitative estimate of drug-likeness (QED) is 0.301. The van der Waals surface area contributed by atoms with Gasteiger partial charge in [-0.15, -0.1) is 0 Å². The van der Waals surface area contributed by atoms with Crippen molar-refractivity contribution in [1.29, 1.82) is 0 Å². The van der Waals surface area contributed by atoms with Crippen molar-refractivity contribution in [3.05, 3.63) is 94.2 Å². The third kappa shape index (κ3) is 9.86. The molecule has 1 aliphatic rings. The maximum Gasteiger partial charge on any atom is 0.166 e. The fraction of sp³-hybridized carbons (Fsp3) is 0.429. The number of nitrogens with one attached hydrogen (secondary N) is 1. The van der Waals surface area contributed by atoms with E-state index in [0.29, 0.717) is 23.6 Å². The monoisotopic (exact) mass is 547 g/mol. The highest BCUT2D eigenvalue weighted by Crippen LogP contribution is 2.36. The number of benzene rings is 2. The fourth-order valence-corrected chi connectivity index (χ4v) is 4.45. The van der Waals surface area contributed by atoms with E-state index in [1.165, 1.54) is 30.1 Å². The van der Waals surface area contributed by atoms with Gasteiger partial charge in [0, 0.05) is 40.9 Å². The Labute approximate surface area is 242 Å². The molecule has 0 fully saturated rings. The van der Waals surface area contributed by atoms with Gasteiger partial charge in [0.2, 0.25) is 0 Å². The van der Waals surface area contributed by atoms with Gasteiger partial charge in [-0.25, -0.2) is 0 Å². The van der Waals surface area contributed by atoms with E-state index >= 15 is 0 Å². The van der Waals surface area contributed by atoms with E-state index in [0.717, 1.165) is 29.2 Å². The van der Waals surface area contributed by atoms with Crippen LogP contribution in [0.2, 0.25) is 0 Å². The largest absolute Gasteiger partial charge is 0.497 e. The van der Waals surface area contributed by atoms with Gasteiger partial charge >= 0.3 is 0 Å². The molecule has 0 spiro atoms. The number of ether oxygens (including phenoxy) is 2. The van der Waals surface area contributed by atoms with Crippen molar-refractivity contribution < 1.29 is 19.1 Å². The van der Waals surface area contributed by atoms with Gasteiger partial charge in [-0.3, -0.25) is 9.59 Å². The fourth-order valence-electron chi connectivity index (χ4n) is 4.45. The lowest BCUT2D eigenvalue weighted by Crippen LogP contribution is -2.14. The topological polar surface area (TPSA) is 64.6 Å². The lowest BCUT2D eigenvalue weighted by Gasteiger charge is -2.15. The Bertz CT molecular complexity index is 1220. The highest BCUT2D eigenvalue weighted by molar-refractivity contribution is 6.08. The summed E-state index contributed by atoms with van der Waals surface area (Å²) in [6.45, 7) is 20.7. The molecule has 0 bridgehead atoms. The van der Waals surface area contributed by atoms with Gasteiger partial charge in [0.05, 0.1) is 14.2 Å². The number of carbonyl (C=O) groups excluding carboxylic acids is 2. The van der Waals surface area contributed by atoms with Crippen molar-refractivity contribution in [2.75, 3.05) is 14.2 Å². The normalized spacial score (nSPS) is 13.8. The summed E-state index contributed by atoms with van der Waals surface area (Å²) in [5, 5.41) is 3.47. The molecule has 0 saturated heterocycles. The number of hydrogen-bond acceptors (Lipinski definition) is 5. The second-order valence-electron chi connectivity index (χ2n) is 10.2. The first-order chi connectivity index (χ1) is 19.0. The van der Waals surface area contributed by atoms with Crippen molar-refractivity contribution in [3.63, 3.8) is 0 Å². The number of ketones is 2. The molecule has 1 N–H and O–H groups in total. The molecule has 40 heavy (non-hydrogen) atoms. The zero-order chi connectivity index (χ0) is 30.4. The molecule has 5 nitrogen and oxygen atoms in total. The van der Waals surface area contributed by atoms with Gasteiger partial charge in [-0.2, -0.15) is 0 Å². The SMILES string of the molecule is C=C(NCc1ccc(OC)cc1OC)C1=C(C=C(C)C)C(C)CC1.CC.CC(=O)c1ccccc1C(=O)C(C)C. The average molecular weight is 548 g/mol. The molecule has 218 valence electrons. The van der Waals surface area contributed by atoms with E-state index in [9.17, 15) is 9.59 Å². The van der Waals surface area contributed by atoms with E-state index in [1.807, 2.05) is 45.9 Å². The molecule has 0 radical (unpaired) electrons. The van der Waals surface area contributed by atoms with Crippen LogP contribution in [0.25, 0.3) is 0 Å². The van der Waals surface area contributed by atoms with Crippen LogP contribution in [0.3, 0.4) is 0 Å². The first-order valence-corrected chi connectivity index (χ1v) is 14.2. The van der Waals surface area contributed by atoms with E-state index in [2.05, 4.69) is 38.7 Å². The summed E-state index contributed by atoms with van der Waals surface area (Å²) >= 11 is 0. The standard InChI is InChI=1S/C21H29NO2.C12H14O2.C2H6/c1-14(2)11-20-15(3)7-10-19(20)16(4)22-13-17-8-9-18(23-5)12-21(17)24-6;1-8(2)12(14)11-7-5-4-6-10(11)9(3)13;1-2/h8-9,11-12,15,22H,4,7,10,13H2,1-3,5-6H3;4-8H,1-3H3;1-2H3. The molecule has 2 aromatic carbocycles. The molecule has 1 unspecified atom stereocenters. The molecule has 0 heterocycles. The Morgan fingerprint density at radius 2 is 1.65 bits per heavy atom. The Kier molecular flexibility index (Phi) is 14.8. The van der Waals surface area contributed by atoms with Crippen molar-refractivity contribution in [3.8, 4) is 11.5 Å². The Balaban J connectivity index is 0.000000425. The van der Waals surface area contributed by atoms with Crippen LogP contribution in [0.5, 0.6) is 11.5 Å². The summed E-state index contributed by atoms with van der Waals surface area (Å²) in [6, 6.07) is 12.8. The number of methoxy groups -OCH3 is 2. The molecule has 0 aliphatic heterocycles. The average Bonchev–Trinajstić information content (AvgIpc) is 3.31. The van der Waals surface area contributed by atoms with E-state index in [-0.39, 0.29) is 17.5 Å². The molecule has 0 aromatic heterocycles. The van der Waals surface area contributed by atoms with Gasteiger partial charge in [0.15, 0.2) is 11.6 Å². The highest BCUT2D eigenvalue weighted by atomic mass is 16.5. The molecule has 1 atom stereocenters. The maximum atomic E-state index is 11.7. The van der Waals surface area contributed by atoms with Gasteiger partial charge in [0.25, 0.3) is 0 Å². The summed E-state index contributed by atoms with van der Waals surface area (Å²) in [5.41, 5.74) is 7.28. The minimum absolute atomic E-state index is 0.0239. The molecule has 1 aliphatic carbocycles. The van der Waals surface area contributed by atoms with Crippen LogP contribution >= 0.6 is 0 Å². The zero-order valence-electron chi connectivity index (χ0n) is 26.2. The van der Waals surface area contributed by atoms with Crippen LogP contribution in [0, 0.1) is 11.8 Å². The molecule has 5 heteroatoms. The summed E-state index contributed by atoms with van der Waals surface area (Å²) in [5.74, 6) is 2.12. The highest BCUT2D eigenvalue weighted by Gasteiger charge is 2.22. The van der Waals surface area contributed by atoms with Crippen LogP contribution in [0.15, 0.2) is 77.5 Å². The van der Waals surface area contributed by atoms with E-state index in [1.54, 1.807) is 38.5 Å². The van der Waals surface area contributed by atoms with E-state index < -0.39 is 0 Å². The smallest absolute Gasteiger partial charge is 0.166 e. The van der Waals surface area contributed by atoms with E-state index in [4.69, 9.17) is 9.47 Å². The second kappa shape index (κ2) is 17.2. The first kappa shape index (κ1) is 34.4. The zero-order valence-corrected chi connectivity index (χ0v) is 26.2. The summed E-state index contributed by atoms with van der Waals surface area (Å²) in [7, 11) is 3.34. The Hall–Kier alpha value is -3.60.